The molecule has 10 heavy (non-hydrogen) atoms. The van der Waals surface area contributed by atoms with E-state index in [1.165, 1.54) is 6.92 Å². The smallest absolute Gasteiger partial charge is 0.334 e. The third-order valence-corrected chi connectivity index (χ3v) is 0.539. The third kappa shape index (κ3) is 5.17. The standard InChI is InChI=1S/C3H6N4O2.ClH/c1-2(4)3(8)9-7-6-5;/h2H,4H2,1H3;1H/t2-;/m0./s1. The highest BCUT2D eigenvalue weighted by Crippen LogP contribution is 1.83. The minimum atomic E-state index is -0.754. The van der Waals surface area contributed by atoms with E-state index in [-0.39, 0.29) is 12.4 Å². The van der Waals surface area contributed by atoms with Crippen LogP contribution in [-0.4, -0.2) is 12.0 Å². The molecule has 0 aromatic carbocycles. The maximum Gasteiger partial charge on any atom is 0.334 e. The fraction of sp³-hybridized carbons (Fsp3) is 0.667. The highest BCUT2D eigenvalue weighted by molar-refractivity contribution is 5.85. The van der Waals surface area contributed by atoms with Crippen molar-refractivity contribution in [3.05, 3.63) is 10.4 Å². The molecule has 0 bridgehead atoms. The Morgan fingerprint density at radius 3 is 2.70 bits per heavy atom. The molecule has 1 atom stereocenters. The van der Waals surface area contributed by atoms with Gasteiger partial charge in [0.2, 0.25) is 0 Å². The highest BCUT2D eigenvalue weighted by Gasteiger charge is 2.06. The molecule has 0 amide bonds. The summed E-state index contributed by atoms with van der Waals surface area (Å²) in [5, 5.41) is 2.54. The Bertz CT molecular complexity index is 153. The van der Waals surface area contributed by atoms with Gasteiger partial charge in [-0.15, -0.1) is 12.4 Å². The van der Waals surface area contributed by atoms with Crippen LogP contribution < -0.4 is 5.73 Å². The van der Waals surface area contributed by atoms with E-state index in [1.807, 2.05) is 0 Å². The quantitative estimate of drug-likeness (QED) is 0.280. The third-order valence-electron chi connectivity index (χ3n) is 0.539. The van der Waals surface area contributed by atoms with Gasteiger partial charge in [0.15, 0.2) is 0 Å². The van der Waals surface area contributed by atoms with Crippen LogP contribution in [0.2, 0.25) is 0 Å². The first-order valence-corrected chi connectivity index (χ1v) is 2.19. The first-order chi connectivity index (χ1) is 4.18. The lowest BCUT2D eigenvalue weighted by Crippen LogP contribution is -2.27. The van der Waals surface area contributed by atoms with E-state index in [0.29, 0.717) is 0 Å². The van der Waals surface area contributed by atoms with Crippen molar-refractivity contribution in [1.82, 2.24) is 0 Å². The van der Waals surface area contributed by atoms with Crippen molar-refractivity contribution >= 4 is 18.4 Å². The Morgan fingerprint density at radius 1 is 1.90 bits per heavy atom. The fourth-order valence-corrected chi connectivity index (χ4v) is 0.142. The summed E-state index contributed by atoms with van der Waals surface area (Å²) in [6.45, 7) is 1.43. The van der Waals surface area contributed by atoms with Gasteiger partial charge < -0.3 is 10.6 Å². The van der Waals surface area contributed by atoms with E-state index in [2.05, 4.69) is 15.0 Å². The topological polar surface area (TPSA) is 101 Å². The van der Waals surface area contributed by atoms with Crippen molar-refractivity contribution in [2.24, 2.45) is 11.0 Å². The Labute approximate surface area is 63.3 Å². The van der Waals surface area contributed by atoms with Gasteiger partial charge in [0, 0.05) is 4.91 Å². The fourth-order valence-electron chi connectivity index (χ4n) is 0.142. The van der Waals surface area contributed by atoms with E-state index in [9.17, 15) is 4.79 Å². The van der Waals surface area contributed by atoms with Gasteiger partial charge in [-0.2, -0.15) is 0 Å². The number of carbonyl (C=O) groups excluding carboxylic acids is 1. The predicted molar refractivity (Wildman–Crippen MR) is 36.1 cm³/mol. The van der Waals surface area contributed by atoms with Crippen molar-refractivity contribution < 1.29 is 9.63 Å². The molecule has 0 aliphatic carbocycles. The minimum absolute atomic E-state index is 0. The molecule has 0 heterocycles. The van der Waals surface area contributed by atoms with Gasteiger partial charge in [-0.1, -0.05) is 0 Å². The molecule has 0 fully saturated rings. The molecule has 2 N–H and O–H groups in total. The number of nitrogens with two attached hydrogens (primary N) is 1. The van der Waals surface area contributed by atoms with E-state index >= 15 is 0 Å². The maximum atomic E-state index is 10.3. The first kappa shape index (κ1) is 11.8. The number of hydrogen-bond donors (Lipinski definition) is 1. The Kier molecular flexibility index (Phi) is 7.25. The number of azide groups is 1. The zero-order valence-electron chi connectivity index (χ0n) is 5.22. The number of nitrogens with zero attached hydrogens (tertiary/aromatic N) is 3. The molecule has 0 radical (unpaired) electrons. The van der Waals surface area contributed by atoms with E-state index in [0.717, 1.165) is 0 Å². The van der Waals surface area contributed by atoms with Crippen LogP contribution in [0, 0.1) is 0 Å². The number of rotatable bonds is 2. The van der Waals surface area contributed by atoms with Gasteiger partial charge >= 0.3 is 5.97 Å². The van der Waals surface area contributed by atoms with Crippen molar-refractivity contribution in [3.63, 3.8) is 0 Å². The zero-order chi connectivity index (χ0) is 7.28. The minimum Gasteiger partial charge on any atom is -0.357 e. The van der Waals surface area contributed by atoms with E-state index in [1.54, 1.807) is 0 Å². The molecule has 0 spiro atoms. The molecule has 0 aliphatic heterocycles. The second kappa shape index (κ2) is 6.15. The van der Waals surface area contributed by atoms with Gasteiger partial charge in [0.05, 0.1) is 0 Å². The van der Waals surface area contributed by atoms with Crippen LogP contribution in [0.1, 0.15) is 6.92 Å². The summed E-state index contributed by atoms with van der Waals surface area (Å²) in [6.07, 6.45) is 0. The van der Waals surface area contributed by atoms with E-state index < -0.39 is 12.0 Å². The van der Waals surface area contributed by atoms with Crippen LogP contribution in [0.4, 0.5) is 0 Å². The molecular formula is C3H7ClN4O2. The van der Waals surface area contributed by atoms with Crippen LogP contribution >= 0.6 is 12.4 Å². The summed E-state index contributed by atoms with van der Waals surface area (Å²) < 4.78 is 0. The molecule has 0 aromatic rings. The average Bonchev–Trinajstić information content (AvgIpc) is 1.82. The molecule has 0 aromatic heterocycles. The van der Waals surface area contributed by atoms with Gasteiger partial charge in [-0.05, 0) is 12.5 Å². The summed E-state index contributed by atoms with van der Waals surface area (Å²) in [5.74, 6) is -0.743. The number of carbonyl (C=O) groups is 1. The largest absolute Gasteiger partial charge is 0.357 e. The highest BCUT2D eigenvalue weighted by atomic mass is 35.5. The molecule has 7 heteroatoms. The van der Waals surface area contributed by atoms with Crippen molar-refractivity contribution in [1.29, 1.82) is 0 Å². The summed E-state index contributed by atoms with van der Waals surface area (Å²) in [7, 11) is 0. The number of hydrogen-bond acceptors (Lipinski definition) is 4. The summed E-state index contributed by atoms with van der Waals surface area (Å²) >= 11 is 0. The van der Waals surface area contributed by atoms with Crippen LogP contribution in [0.5, 0.6) is 0 Å². The van der Waals surface area contributed by atoms with Gasteiger partial charge in [-0.25, -0.2) is 4.79 Å². The second-order valence-electron chi connectivity index (χ2n) is 1.37. The summed E-state index contributed by atoms with van der Waals surface area (Å²) in [4.78, 5) is 16.4. The van der Waals surface area contributed by atoms with Crippen LogP contribution in [0.3, 0.4) is 0 Å². The molecule has 0 saturated carbocycles. The summed E-state index contributed by atoms with van der Waals surface area (Å²) in [6, 6.07) is -0.754. The van der Waals surface area contributed by atoms with E-state index in [4.69, 9.17) is 11.3 Å². The van der Waals surface area contributed by atoms with Crippen LogP contribution in [0.15, 0.2) is 5.28 Å². The lowest BCUT2D eigenvalue weighted by molar-refractivity contribution is -0.145. The zero-order valence-corrected chi connectivity index (χ0v) is 6.04. The predicted octanol–water partition coefficient (Wildman–Crippen LogP) is 0.524. The van der Waals surface area contributed by atoms with Crippen LogP contribution in [-0.2, 0) is 9.63 Å². The van der Waals surface area contributed by atoms with Gasteiger partial charge in [0.1, 0.15) is 11.3 Å². The maximum absolute atomic E-state index is 10.3. The van der Waals surface area contributed by atoms with Crippen molar-refractivity contribution in [2.45, 2.75) is 13.0 Å². The molecule has 0 aliphatic rings. The van der Waals surface area contributed by atoms with Crippen molar-refractivity contribution in [2.75, 3.05) is 0 Å². The van der Waals surface area contributed by atoms with Gasteiger partial charge in [0.25, 0.3) is 0 Å². The second-order valence-corrected chi connectivity index (χ2v) is 1.37. The normalized spacial score (nSPS) is 10.2. The van der Waals surface area contributed by atoms with Crippen molar-refractivity contribution in [3.8, 4) is 0 Å². The summed E-state index contributed by atoms with van der Waals surface area (Å²) in [5.41, 5.74) is 12.7. The van der Waals surface area contributed by atoms with Crippen LogP contribution in [0.25, 0.3) is 10.4 Å². The molecule has 0 saturated heterocycles. The Morgan fingerprint density at radius 2 is 2.40 bits per heavy atom. The molecule has 0 rings (SSSR count). The molecule has 6 nitrogen and oxygen atoms in total. The monoisotopic (exact) mass is 166 g/mol. The Balaban J connectivity index is 0. The molecule has 0 unspecified atom stereocenters. The average molecular weight is 167 g/mol. The Hall–Kier alpha value is -0.970. The molecule has 58 valence electrons. The van der Waals surface area contributed by atoms with Gasteiger partial charge in [-0.3, -0.25) is 0 Å². The molecular weight excluding hydrogens is 160 g/mol. The first-order valence-electron chi connectivity index (χ1n) is 2.19. The lowest BCUT2D eigenvalue weighted by atomic mass is 10.4. The SMILES string of the molecule is C[C@H](N)C(=O)ON=[N+]=[N-].Cl. The lowest BCUT2D eigenvalue weighted by Gasteiger charge is -1.97. The number of halogens is 1.